The van der Waals surface area contributed by atoms with Crippen molar-refractivity contribution in [1.29, 1.82) is 0 Å². The standard InChI is InChI=1S/C19H21NO2S2/c1-21-15-9-7-14(8-10-15)20-13-17(18(20)19-23-11-12-24-19)22-16-5-3-2-4-6-16/h2-10,17-19H,11-13H2,1H3/t17-,18+/m0/s1. The molecular formula is C19H21NO2S2. The average molecular weight is 360 g/mol. The van der Waals surface area contributed by atoms with Crippen LogP contribution in [0.5, 0.6) is 11.5 Å². The lowest BCUT2D eigenvalue weighted by molar-refractivity contribution is 0.123. The highest BCUT2D eigenvalue weighted by Crippen LogP contribution is 2.43. The van der Waals surface area contributed by atoms with Crippen molar-refractivity contribution >= 4 is 29.2 Å². The van der Waals surface area contributed by atoms with E-state index < -0.39 is 0 Å². The molecule has 2 aromatic carbocycles. The molecule has 2 aliphatic rings. The van der Waals surface area contributed by atoms with Crippen molar-refractivity contribution in [3.05, 3.63) is 54.6 Å². The van der Waals surface area contributed by atoms with Crippen molar-refractivity contribution in [1.82, 2.24) is 0 Å². The number of benzene rings is 2. The molecule has 24 heavy (non-hydrogen) atoms. The molecule has 2 saturated heterocycles. The molecule has 2 heterocycles. The number of hydrogen-bond donors (Lipinski definition) is 0. The fourth-order valence-corrected chi connectivity index (χ4v) is 6.45. The van der Waals surface area contributed by atoms with Crippen molar-refractivity contribution < 1.29 is 9.47 Å². The summed E-state index contributed by atoms with van der Waals surface area (Å²) in [5, 5.41) is 0. The van der Waals surface area contributed by atoms with Gasteiger partial charge in [0, 0.05) is 17.2 Å². The molecule has 2 atom stereocenters. The Morgan fingerprint density at radius 3 is 2.29 bits per heavy atom. The van der Waals surface area contributed by atoms with E-state index in [2.05, 4.69) is 40.6 Å². The van der Waals surface area contributed by atoms with Gasteiger partial charge in [0.25, 0.3) is 0 Å². The minimum Gasteiger partial charge on any atom is -0.497 e. The molecule has 0 amide bonds. The first-order valence-electron chi connectivity index (χ1n) is 8.21. The van der Waals surface area contributed by atoms with E-state index in [1.807, 2.05) is 42.5 Å². The summed E-state index contributed by atoms with van der Waals surface area (Å²) in [5.74, 6) is 4.34. The summed E-state index contributed by atoms with van der Waals surface area (Å²) >= 11 is 4.13. The summed E-state index contributed by atoms with van der Waals surface area (Å²) in [7, 11) is 1.71. The largest absolute Gasteiger partial charge is 0.497 e. The zero-order chi connectivity index (χ0) is 16.4. The van der Waals surface area contributed by atoms with Crippen molar-refractivity contribution in [3.63, 3.8) is 0 Å². The number of nitrogens with zero attached hydrogens (tertiary/aromatic N) is 1. The normalized spacial score (nSPS) is 23.8. The summed E-state index contributed by atoms with van der Waals surface area (Å²) in [4.78, 5) is 2.48. The van der Waals surface area contributed by atoms with Crippen LogP contribution in [0, 0.1) is 0 Å². The van der Waals surface area contributed by atoms with Gasteiger partial charge in [-0.1, -0.05) is 18.2 Å². The van der Waals surface area contributed by atoms with E-state index in [0.29, 0.717) is 10.6 Å². The van der Waals surface area contributed by atoms with Gasteiger partial charge in [-0.3, -0.25) is 0 Å². The Bertz CT molecular complexity index is 659. The van der Waals surface area contributed by atoms with Crippen LogP contribution in [0.25, 0.3) is 0 Å². The Morgan fingerprint density at radius 2 is 1.62 bits per heavy atom. The van der Waals surface area contributed by atoms with Crippen LogP contribution in [-0.4, -0.2) is 41.9 Å². The monoisotopic (exact) mass is 359 g/mol. The van der Waals surface area contributed by atoms with E-state index in [0.717, 1.165) is 18.0 Å². The van der Waals surface area contributed by atoms with Crippen LogP contribution in [0.15, 0.2) is 54.6 Å². The van der Waals surface area contributed by atoms with Gasteiger partial charge in [0.1, 0.15) is 17.6 Å². The molecule has 3 nitrogen and oxygen atoms in total. The second-order valence-corrected chi connectivity index (χ2v) is 8.72. The highest BCUT2D eigenvalue weighted by molar-refractivity contribution is 8.20. The van der Waals surface area contributed by atoms with Crippen LogP contribution in [0.4, 0.5) is 5.69 Å². The Labute approximate surface area is 151 Å². The Morgan fingerprint density at radius 1 is 0.917 bits per heavy atom. The van der Waals surface area contributed by atoms with Crippen molar-refractivity contribution in [2.75, 3.05) is 30.1 Å². The third kappa shape index (κ3) is 3.20. The molecule has 2 aliphatic heterocycles. The summed E-state index contributed by atoms with van der Waals surface area (Å²) in [5.41, 5.74) is 1.25. The Hall–Kier alpha value is -1.46. The van der Waals surface area contributed by atoms with E-state index in [1.54, 1.807) is 7.11 Å². The number of thioether (sulfide) groups is 2. The SMILES string of the molecule is COc1ccc(N2C[C@H](Oc3ccccc3)[C@@H]2C2SCCS2)cc1. The van der Waals surface area contributed by atoms with Gasteiger partial charge in [-0.05, 0) is 36.4 Å². The van der Waals surface area contributed by atoms with Crippen LogP contribution in [0.2, 0.25) is 0 Å². The van der Waals surface area contributed by atoms with E-state index in [4.69, 9.17) is 9.47 Å². The lowest BCUT2D eigenvalue weighted by Crippen LogP contribution is -2.66. The minimum atomic E-state index is 0.248. The number of para-hydroxylation sites is 1. The molecule has 0 unspecified atom stereocenters. The molecule has 0 saturated carbocycles. The van der Waals surface area contributed by atoms with Gasteiger partial charge in [-0.2, -0.15) is 0 Å². The maximum atomic E-state index is 6.28. The van der Waals surface area contributed by atoms with Gasteiger partial charge in [-0.15, -0.1) is 23.5 Å². The van der Waals surface area contributed by atoms with Crippen molar-refractivity contribution in [2.45, 2.75) is 16.7 Å². The van der Waals surface area contributed by atoms with Crippen LogP contribution < -0.4 is 14.4 Å². The van der Waals surface area contributed by atoms with Gasteiger partial charge in [0.2, 0.25) is 0 Å². The molecule has 0 bridgehead atoms. The predicted octanol–water partition coefficient (Wildman–Crippen LogP) is 4.14. The number of methoxy groups -OCH3 is 1. The Kier molecular flexibility index (Phi) is 4.81. The molecule has 0 N–H and O–H groups in total. The van der Waals surface area contributed by atoms with Crippen LogP contribution in [0.3, 0.4) is 0 Å². The quantitative estimate of drug-likeness (QED) is 0.798. The summed E-state index contributed by atoms with van der Waals surface area (Å²) < 4.78 is 12.1. The zero-order valence-electron chi connectivity index (χ0n) is 13.6. The maximum absolute atomic E-state index is 6.28. The smallest absolute Gasteiger partial charge is 0.138 e. The summed E-state index contributed by atoms with van der Waals surface area (Å²) in [6.07, 6.45) is 0.248. The fraction of sp³-hybridized carbons (Fsp3) is 0.368. The molecule has 0 aliphatic carbocycles. The third-order valence-electron chi connectivity index (χ3n) is 4.48. The molecular weight excluding hydrogens is 338 g/mol. The first-order chi connectivity index (χ1) is 11.8. The summed E-state index contributed by atoms with van der Waals surface area (Å²) in [6.45, 7) is 0.934. The minimum absolute atomic E-state index is 0.248. The second-order valence-electron chi connectivity index (χ2n) is 5.92. The van der Waals surface area contributed by atoms with Crippen LogP contribution in [0.1, 0.15) is 0 Å². The fourth-order valence-electron chi connectivity index (χ4n) is 3.21. The highest BCUT2D eigenvalue weighted by atomic mass is 32.2. The Balaban J connectivity index is 1.52. The number of anilines is 1. The molecule has 0 spiro atoms. The lowest BCUT2D eigenvalue weighted by atomic mass is 9.99. The molecule has 5 heteroatoms. The van der Waals surface area contributed by atoms with E-state index >= 15 is 0 Å². The van der Waals surface area contributed by atoms with E-state index in [9.17, 15) is 0 Å². The average Bonchev–Trinajstić information content (AvgIpc) is 3.13. The van der Waals surface area contributed by atoms with Gasteiger partial charge < -0.3 is 14.4 Å². The third-order valence-corrected chi connectivity index (χ3v) is 7.65. The first kappa shape index (κ1) is 16.0. The van der Waals surface area contributed by atoms with Crippen molar-refractivity contribution in [3.8, 4) is 11.5 Å². The molecule has 2 fully saturated rings. The predicted molar refractivity (Wildman–Crippen MR) is 104 cm³/mol. The lowest BCUT2D eigenvalue weighted by Gasteiger charge is -2.51. The molecule has 0 radical (unpaired) electrons. The van der Waals surface area contributed by atoms with Gasteiger partial charge >= 0.3 is 0 Å². The van der Waals surface area contributed by atoms with Crippen LogP contribution >= 0.6 is 23.5 Å². The number of ether oxygens (including phenoxy) is 2. The zero-order valence-corrected chi connectivity index (χ0v) is 15.3. The van der Waals surface area contributed by atoms with Crippen molar-refractivity contribution in [2.24, 2.45) is 0 Å². The summed E-state index contributed by atoms with van der Waals surface area (Å²) in [6, 6.07) is 19.0. The van der Waals surface area contributed by atoms with Gasteiger partial charge in [0.15, 0.2) is 0 Å². The molecule has 4 rings (SSSR count). The van der Waals surface area contributed by atoms with Gasteiger partial charge in [-0.25, -0.2) is 0 Å². The number of hydrogen-bond acceptors (Lipinski definition) is 5. The second kappa shape index (κ2) is 7.19. The van der Waals surface area contributed by atoms with E-state index in [1.165, 1.54) is 17.2 Å². The maximum Gasteiger partial charge on any atom is 0.138 e. The highest BCUT2D eigenvalue weighted by Gasteiger charge is 2.47. The first-order valence-corrected chi connectivity index (χ1v) is 10.3. The van der Waals surface area contributed by atoms with Crippen LogP contribution in [-0.2, 0) is 0 Å². The number of rotatable bonds is 5. The van der Waals surface area contributed by atoms with Gasteiger partial charge in [0.05, 0.1) is 24.3 Å². The molecule has 126 valence electrons. The molecule has 2 aromatic rings. The van der Waals surface area contributed by atoms with E-state index in [-0.39, 0.29) is 6.10 Å². The molecule has 0 aromatic heterocycles. The topological polar surface area (TPSA) is 21.7 Å².